The van der Waals surface area contributed by atoms with Crippen molar-refractivity contribution in [1.29, 1.82) is 0 Å². The molecule has 0 fully saturated rings. The number of hydrogen-bond acceptors (Lipinski definition) is 2. The standard InChI is InChI=1S/C11H10F3N3S/c1-2-9-15-16-10(18)17(9)8-6-4-3-5-7(8)11(12,13)14/h3-6H,2H2,1H3,(H,16,18). The van der Waals surface area contributed by atoms with Gasteiger partial charge in [0.15, 0.2) is 4.77 Å². The van der Waals surface area contributed by atoms with Crippen molar-refractivity contribution in [3.8, 4) is 5.69 Å². The molecular weight excluding hydrogens is 263 g/mol. The van der Waals surface area contributed by atoms with E-state index in [1.807, 2.05) is 0 Å². The first-order valence-electron chi connectivity index (χ1n) is 5.28. The molecule has 1 heterocycles. The number of nitrogens with zero attached hydrogens (tertiary/aromatic N) is 2. The lowest BCUT2D eigenvalue weighted by molar-refractivity contribution is -0.137. The van der Waals surface area contributed by atoms with Crippen molar-refractivity contribution < 1.29 is 13.2 Å². The number of aryl methyl sites for hydroxylation is 1. The number of para-hydroxylation sites is 1. The Kier molecular flexibility index (Phi) is 3.25. The van der Waals surface area contributed by atoms with Crippen molar-refractivity contribution in [2.24, 2.45) is 0 Å². The first-order valence-corrected chi connectivity index (χ1v) is 5.69. The van der Waals surface area contributed by atoms with Gasteiger partial charge in [0.2, 0.25) is 0 Å². The summed E-state index contributed by atoms with van der Waals surface area (Å²) in [7, 11) is 0. The third kappa shape index (κ3) is 2.17. The maximum atomic E-state index is 12.9. The van der Waals surface area contributed by atoms with E-state index in [1.54, 1.807) is 13.0 Å². The quantitative estimate of drug-likeness (QED) is 0.849. The van der Waals surface area contributed by atoms with Gasteiger partial charge in [0.05, 0.1) is 11.3 Å². The lowest BCUT2D eigenvalue weighted by Crippen LogP contribution is -2.12. The summed E-state index contributed by atoms with van der Waals surface area (Å²) in [6.45, 7) is 1.80. The van der Waals surface area contributed by atoms with Gasteiger partial charge < -0.3 is 0 Å². The smallest absolute Gasteiger partial charge is 0.272 e. The first-order chi connectivity index (χ1) is 8.45. The van der Waals surface area contributed by atoms with E-state index in [4.69, 9.17) is 12.2 Å². The monoisotopic (exact) mass is 273 g/mol. The van der Waals surface area contributed by atoms with Crippen molar-refractivity contribution in [3.05, 3.63) is 40.4 Å². The Morgan fingerprint density at radius 2 is 2.00 bits per heavy atom. The highest BCUT2D eigenvalue weighted by Gasteiger charge is 2.34. The molecule has 7 heteroatoms. The predicted octanol–water partition coefficient (Wildman–Crippen LogP) is 3.51. The molecule has 0 bridgehead atoms. The summed E-state index contributed by atoms with van der Waals surface area (Å²) in [5.74, 6) is 0.469. The van der Waals surface area contributed by atoms with Gasteiger partial charge in [-0.25, -0.2) is 0 Å². The molecule has 0 spiro atoms. The molecule has 0 saturated carbocycles. The van der Waals surface area contributed by atoms with E-state index in [0.29, 0.717) is 12.2 Å². The lowest BCUT2D eigenvalue weighted by atomic mass is 10.1. The summed E-state index contributed by atoms with van der Waals surface area (Å²) >= 11 is 4.98. The van der Waals surface area contributed by atoms with E-state index < -0.39 is 11.7 Å². The van der Waals surface area contributed by atoms with Gasteiger partial charge in [-0.15, -0.1) is 0 Å². The zero-order valence-electron chi connectivity index (χ0n) is 9.45. The van der Waals surface area contributed by atoms with Gasteiger partial charge >= 0.3 is 6.18 Å². The van der Waals surface area contributed by atoms with E-state index in [1.165, 1.54) is 16.7 Å². The number of alkyl halides is 3. The van der Waals surface area contributed by atoms with Crippen LogP contribution in [-0.4, -0.2) is 14.8 Å². The van der Waals surface area contributed by atoms with Crippen LogP contribution in [0, 0.1) is 4.77 Å². The number of aromatic nitrogens is 3. The Morgan fingerprint density at radius 3 is 2.61 bits per heavy atom. The molecule has 0 aliphatic rings. The molecule has 1 aromatic heterocycles. The average Bonchev–Trinajstić information content (AvgIpc) is 2.69. The molecule has 0 aliphatic carbocycles. The van der Waals surface area contributed by atoms with Crippen LogP contribution in [0.1, 0.15) is 18.3 Å². The topological polar surface area (TPSA) is 33.6 Å². The number of aromatic amines is 1. The van der Waals surface area contributed by atoms with Gasteiger partial charge in [0, 0.05) is 6.42 Å². The van der Waals surface area contributed by atoms with Gasteiger partial charge in [-0.1, -0.05) is 19.1 Å². The average molecular weight is 273 g/mol. The molecule has 0 radical (unpaired) electrons. The summed E-state index contributed by atoms with van der Waals surface area (Å²) in [4.78, 5) is 0. The van der Waals surface area contributed by atoms with Crippen LogP contribution < -0.4 is 0 Å². The maximum absolute atomic E-state index is 12.9. The van der Waals surface area contributed by atoms with Crippen molar-refractivity contribution >= 4 is 12.2 Å². The largest absolute Gasteiger partial charge is 0.418 e. The minimum Gasteiger partial charge on any atom is -0.272 e. The molecule has 18 heavy (non-hydrogen) atoms. The summed E-state index contributed by atoms with van der Waals surface area (Å²) < 4.78 is 40.3. The fourth-order valence-electron chi connectivity index (χ4n) is 1.72. The second-order valence-electron chi connectivity index (χ2n) is 3.65. The third-order valence-electron chi connectivity index (χ3n) is 2.51. The summed E-state index contributed by atoms with van der Waals surface area (Å²) in [6, 6.07) is 5.30. The second-order valence-corrected chi connectivity index (χ2v) is 4.04. The van der Waals surface area contributed by atoms with Crippen LogP contribution in [0.3, 0.4) is 0 Å². The molecule has 0 saturated heterocycles. The van der Waals surface area contributed by atoms with Crippen LogP contribution in [0.15, 0.2) is 24.3 Å². The Morgan fingerprint density at radius 1 is 1.33 bits per heavy atom. The molecular formula is C11H10F3N3S. The Bertz CT molecular complexity index is 612. The summed E-state index contributed by atoms with van der Waals surface area (Å²) in [5.41, 5.74) is -0.724. The Hall–Kier alpha value is -1.63. The molecule has 2 rings (SSSR count). The predicted molar refractivity (Wildman–Crippen MR) is 63.1 cm³/mol. The van der Waals surface area contributed by atoms with Crippen molar-refractivity contribution in [1.82, 2.24) is 14.8 Å². The Balaban J connectivity index is 2.72. The molecule has 1 N–H and O–H groups in total. The van der Waals surface area contributed by atoms with Gasteiger partial charge in [0.25, 0.3) is 0 Å². The van der Waals surface area contributed by atoms with Crippen molar-refractivity contribution in [2.75, 3.05) is 0 Å². The van der Waals surface area contributed by atoms with Gasteiger partial charge in [-0.05, 0) is 24.4 Å². The fraction of sp³-hybridized carbons (Fsp3) is 0.273. The number of rotatable bonds is 2. The highest BCUT2D eigenvalue weighted by atomic mass is 32.1. The van der Waals surface area contributed by atoms with Crippen LogP contribution in [0.25, 0.3) is 5.69 Å². The van der Waals surface area contributed by atoms with Crippen molar-refractivity contribution in [3.63, 3.8) is 0 Å². The number of benzene rings is 1. The van der Waals surface area contributed by atoms with Gasteiger partial charge in [0.1, 0.15) is 5.82 Å². The number of H-pyrrole nitrogens is 1. The van der Waals surface area contributed by atoms with E-state index in [-0.39, 0.29) is 10.5 Å². The minimum atomic E-state index is -4.42. The van der Waals surface area contributed by atoms with Gasteiger partial charge in [-0.3, -0.25) is 9.67 Å². The molecule has 3 nitrogen and oxygen atoms in total. The first kappa shape index (κ1) is 12.8. The molecule has 96 valence electrons. The SMILES string of the molecule is CCc1n[nH]c(=S)n1-c1ccccc1C(F)(F)F. The highest BCUT2D eigenvalue weighted by molar-refractivity contribution is 7.71. The summed E-state index contributed by atoms with van der Waals surface area (Å²) in [6.07, 6.45) is -3.94. The number of nitrogens with one attached hydrogen (secondary N) is 1. The molecule has 0 unspecified atom stereocenters. The van der Waals surface area contributed by atoms with Crippen LogP contribution in [0.4, 0.5) is 13.2 Å². The minimum absolute atomic E-state index is 0.000556. The molecule has 0 amide bonds. The van der Waals surface area contributed by atoms with E-state index in [0.717, 1.165) is 6.07 Å². The van der Waals surface area contributed by atoms with Crippen LogP contribution in [0.2, 0.25) is 0 Å². The molecule has 1 aromatic carbocycles. The maximum Gasteiger partial charge on any atom is 0.418 e. The van der Waals surface area contributed by atoms with Crippen molar-refractivity contribution in [2.45, 2.75) is 19.5 Å². The third-order valence-corrected chi connectivity index (χ3v) is 2.78. The highest BCUT2D eigenvalue weighted by Crippen LogP contribution is 2.34. The van der Waals surface area contributed by atoms with E-state index >= 15 is 0 Å². The van der Waals surface area contributed by atoms with E-state index in [2.05, 4.69) is 10.2 Å². The van der Waals surface area contributed by atoms with E-state index in [9.17, 15) is 13.2 Å². The normalized spacial score (nSPS) is 11.8. The zero-order chi connectivity index (χ0) is 13.3. The van der Waals surface area contributed by atoms with Gasteiger partial charge in [-0.2, -0.15) is 18.3 Å². The zero-order valence-corrected chi connectivity index (χ0v) is 10.3. The van der Waals surface area contributed by atoms with Crippen LogP contribution in [-0.2, 0) is 12.6 Å². The lowest BCUT2D eigenvalue weighted by Gasteiger charge is -2.14. The molecule has 0 aliphatic heterocycles. The second kappa shape index (κ2) is 4.56. The van der Waals surface area contributed by atoms with Crippen LogP contribution in [0.5, 0.6) is 0 Å². The number of halogens is 3. The fourth-order valence-corrected chi connectivity index (χ4v) is 1.97. The number of hydrogen-bond donors (Lipinski definition) is 1. The summed E-state index contributed by atoms with van der Waals surface area (Å²) in [5, 5.41) is 6.43. The molecule has 0 atom stereocenters. The van der Waals surface area contributed by atoms with Crippen LogP contribution >= 0.6 is 12.2 Å². The molecule has 2 aromatic rings. The Labute approximate surface area is 106 Å².